The molecule has 0 unspecified atom stereocenters. The third-order valence-electron chi connectivity index (χ3n) is 4.24. The Morgan fingerprint density at radius 2 is 1.68 bits per heavy atom. The lowest BCUT2D eigenvalue weighted by atomic mass is 10.2. The number of hydrogen-bond acceptors (Lipinski definition) is 4. The van der Waals surface area contributed by atoms with Crippen molar-refractivity contribution in [3.05, 3.63) is 56.2 Å². The summed E-state index contributed by atoms with van der Waals surface area (Å²) in [5.74, 6) is 0.0634. The number of carbonyl (C=O) groups is 1. The molecule has 1 saturated heterocycles. The van der Waals surface area contributed by atoms with Gasteiger partial charge in [0.2, 0.25) is 5.91 Å². The van der Waals surface area contributed by atoms with Crippen molar-refractivity contribution in [2.45, 2.75) is 13.1 Å². The molecule has 1 fully saturated rings. The average Bonchev–Trinajstić information content (AvgIpc) is 3.01. The van der Waals surface area contributed by atoms with Crippen molar-refractivity contribution in [2.24, 2.45) is 0 Å². The lowest BCUT2D eigenvalue weighted by Gasteiger charge is -2.34. The van der Waals surface area contributed by atoms with Gasteiger partial charge in [-0.05, 0) is 29.8 Å². The molecule has 25 heavy (non-hydrogen) atoms. The number of nitrogens with zero attached hydrogens (tertiary/aromatic N) is 2. The Labute approximate surface area is 162 Å². The maximum atomic E-state index is 12.1. The molecule has 0 bridgehead atoms. The van der Waals surface area contributed by atoms with Crippen molar-refractivity contribution < 1.29 is 4.79 Å². The van der Waals surface area contributed by atoms with Gasteiger partial charge in [0.05, 0.1) is 10.9 Å². The topological polar surface area (TPSA) is 35.6 Å². The van der Waals surface area contributed by atoms with Crippen LogP contribution in [-0.2, 0) is 17.9 Å². The molecule has 1 amide bonds. The highest BCUT2D eigenvalue weighted by atomic mass is 35.5. The van der Waals surface area contributed by atoms with Crippen LogP contribution in [0.25, 0.3) is 0 Å². The van der Waals surface area contributed by atoms with Crippen molar-refractivity contribution in [1.29, 1.82) is 0 Å². The number of thiophene rings is 1. The molecule has 1 aliphatic heterocycles. The van der Waals surface area contributed by atoms with Crippen LogP contribution in [0.2, 0.25) is 9.36 Å². The standard InChI is InChI=1S/C18H21Cl2N3OS/c19-15-3-1-14(2-4-15)11-21-18(24)13-23-9-7-22(8-10-23)12-16-5-6-17(20)25-16/h1-6H,7-13H2,(H,21,24). The zero-order valence-electron chi connectivity index (χ0n) is 13.9. The highest BCUT2D eigenvalue weighted by Gasteiger charge is 2.19. The second-order valence-corrected chi connectivity index (χ2v) is 8.40. The molecule has 1 aromatic heterocycles. The van der Waals surface area contributed by atoms with Gasteiger partial charge in [-0.25, -0.2) is 0 Å². The van der Waals surface area contributed by atoms with Crippen molar-refractivity contribution in [2.75, 3.05) is 32.7 Å². The van der Waals surface area contributed by atoms with Crippen molar-refractivity contribution in [3.8, 4) is 0 Å². The molecule has 0 atom stereocenters. The van der Waals surface area contributed by atoms with Gasteiger partial charge in [-0.1, -0.05) is 35.3 Å². The summed E-state index contributed by atoms with van der Waals surface area (Å²) < 4.78 is 0.839. The highest BCUT2D eigenvalue weighted by molar-refractivity contribution is 7.16. The van der Waals surface area contributed by atoms with Gasteiger partial charge in [-0.15, -0.1) is 11.3 Å². The van der Waals surface area contributed by atoms with Crippen LogP contribution in [0.5, 0.6) is 0 Å². The molecule has 4 nitrogen and oxygen atoms in total. The van der Waals surface area contributed by atoms with Crippen LogP contribution in [-0.4, -0.2) is 48.4 Å². The molecule has 1 aromatic carbocycles. The first-order chi connectivity index (χ1) is 12.1. The molecule has 1 N–H and O–H groups in total. The van der Waals surface area contributed by atoms with Crippen LogP contribution in [0, 0.1) is 0 Å². The number of benzene rings is 1. The highest BCUT2D eigenvalue weighted by Crippen LogP contribution is 2.23. The Bertz CT molecular complexity index is 697. The van der Waals surface area contributed by atoms with E-state index in [4.69, 9.17) is 23.2 Å². The first-order valence-corrected chi connectivity index (χ1v) is 9.86. The first kappa shape index (κ1) is 18.7. The third-order valence-corrected chi connectivity index (χ3v) is 5.71. The van der Waals surface area contributed by atoms with Crippen LogP contribution >= 0.6 is 34.5 Å². The zero-order valence-corrected chi connectivity index (χ0v) is 16.2. The average molecular weight is 398 g/mol. The van der Waals surface area contributed by atoms with Crippen molar-refractivity contribution in [1.82, 2.24) is 15.1 Å². The quantitative estimate of drug-likeness (QED) is 0.809. The second-order valence-electron chi connectivity index (χ2n) is 6.16. The van der Waals surface area contributed by atoms with Gasteiger partial charge >= 0.3 is 0 Å². The zero-order chi connectivity index (χ0) is 17.6. The molecule has 3 rings (SSSR count). The van der Waals surface area contributed by atoms with Gasteiger partial charge in [0.1, 0.15) is 0 Å². The lowest BCUT2D eigenvalue weighted by molar-refractivity contribution is -0.122. The monoisotopic (exact) mass is 397 g/mol. The van der Waals surface area contributed by atoms with Gasteiger partial charge in [0.25, 0.3) is 0 Å². The van der Waals surface area contributed by atoms with Gasteiger partial charge in [0, 0.05) is 49.2 Å². The van der Waals surface area contributed by atoms with E-state index < -0.39 is 0 Å². The van der Waals surface area contributed by atoms with Crippen LogP contribution in [0.4, 0.5) is 0 Å². The summed E-state index contributed by atoms with van der Waals surface area (Å²) in [6.07, 6.45) is 0. The number of piperazine rings is 1. The SMILES string of the molecule is O=C(CN1CCN(Cc2ccc(Cl)s2)CC1)NCc1ccc(Cl)cc1. The molecular formula is C18H21Cl2N3OS. The van der Waals surface area contributed by atoms with Gasteiger partial charge in [-0.2, -0.15) is 0 Å². The minimum absolute atomic E-state index is 0.0634. The number of hydrogen-bond donors (Lipinski definition) is 1. The number of rotatable bonds is 6. The maximum Gasteiger partial charge on any atom is 0.234 e. The largest absolute Gasteiger partial charge is 0.351 e. The van der Waals surface area contributed by atoms with Crippen LogP contribution in [0.3, 0.4) is 0 Å². The summed E-state index contributed by atoms with van der Waals surface area (Å²) in [5, 5.41) is 3.68. The molecular weight excluding hydrogens is 377 g/mol. The fourth-order valence-electron chi connectivity index (χ4n) is 2.82. The summed E-state index contributed by atoms with van der Waals surface area (Å²) in [5.41, 5.74) is 1.05. The van der Waals surface area contributed by atoms with Crippen LogP contribution < -0.4 is 5.32 Å². The van der Waals surface area contributed by atoms with Crippen LogP contribution in [0.15, 0.2) is 36.4 Å². The fraction of sp³-hybridized carbons (Fsp3) is 0.389. The van der Waals surface area contributed by atoms with E-state index in [2.05, 4.69) is 21.2 Å². The molecule has 2 aromatic rings. The van der Waals surface area contributed by atoms with E-state index in [0.717, 1.165) is 42.6 Å². The Balaban J connectivity index is 1.36. The summed E-state index contributed by atoms with van der Waals surface area (Å²) in [7, 11) is 0. The van der Waals surface area contributed by atoms with E-state index in [0.29, 0.717) is 18.1 Å². The second kappa shape index (κ2) is 9.01. The Hall–Kier alpha value is -1.11. The molecule has 0 radical (unpaired) electrons. The molecule has 7 heteroatoms. The molecule has 2 heterocycles. The number of halogens is 2. The lowest BCUT2D eigenvalue weighted by Crippen LogP contribution is -2.48. The van der Waals surface area contributed by atoms with E-state index in [9.17, 15) is 4.79 Å². The van der Waals surface area contributed by atoms with Gasteiger partial charge in [0.15, 0.2) is 0 Å². The first-order valence-electron chi connectivity index (χ1n) is 8.28. The summed E-state index contributed by atoms with van der Waals surface area (Å²) >= 11 is 13.5. The minimum atomic E-state index is 0.0634. The number of nitrogens with one attached hydrogen (secondary N) is 1. The van der Waals surface area contributed by atoms with E-state index in [1.807, 2.05) is 30.3 Å². The summed E-state index contributed by atoms with van der Waals surface area (Å²) in [6.45, 7) is 5.69. The van der Waals surface area contributed by atoms with Crippen molar-refractivity contribution in [3.63, 3.8) is 0 Å². The molecule has 0 saturated carbocycles. The number of amides is 1. The van der Waals surface area contributed by atoms with E-state index in [-0.39, 0.29) is 5.91 Å². The van der Waals surface area contributed by atoms with Gasteiger partial charge in [-0.3, -0.25) is 14.6 Å². The maximum absolute atomic E-state index is 12.1. The van der Waals surface area contributed by atoms with E-state index in [1.165, 1.54) is 4.88 Å². The minimum Gasteiger partial charge on any atom is -0.351 e. The fourth-order valence-corrected chi connectivity index (χ4v) is 4.08. The molecule has 1 aliphatic rings. The molecule has 134 valence electrons. The Morgan fingerprint density at radius 1 is 1.00 bits per heavy atom. The third kappa shape index (κ3) is 5.97. The van der Waals surface area contributed by atoms with E-state index >= 15 is 0 Å². The normalized spacial score (nSPS) is 16.1. The Morgan fingerprint density at radius 3 is 2.32 bits per heavy atom. The molecule has 0 aliphatic carbocycles. The summed E-state index contributed by atoms with van der Waals surface area (Å²) in [6, 6.07) is 11.6. The van der Waals surface area contributed by atoms with E-state index in [1.54, 1.807) is 11.3 Å². The van der Waals surface area contributed by atoms with Gasteiger partial charge < -0.3 is 5.32 Å². The van der Waals surface area contributed by atoms with Crippen molar-refractivity contribution >= 4 is 40.4 Å². The van der Waals surface area contributed by atoms with Crippen LogP contribution in [0.1, 0.15) is 10.4 Å². The predicted octanol–water partition coefficient (Wildman–Crippen LogP) is 3.49. The predicted molar refractivity (Wildman–Crippen MR) is 104 cm³/mol. The number of carbonyl (C=O) groups excluding carboxylic acids is 1. The Kier molecular flexibility index (Phi) is 6.73. The summed E-state index contributed by atoms with van der Waals surface area (Å²) in [4.78, 5) is 18.0. The molecule has 0 spiro atoms. The smallest absolute Gasteiger partial charge is 0.234 e.